The van der Waals surface area contributed by atoms with Gasteiger partial charge in [0.1, 0.15) is 0 Å². The van der Waals surface area contributed by atoms with Gasteiger partial charge in [0.15, 0.2) is 0 Å². The van der Waals surface area contributed by atoms with Crippen molar-refractivity contribution in [1.29, 1.82) is 0 Å². The Kier molecular flexibility index (Phi) is 61.9. The van der Waals surface area contributed by atoms with E-state index in [1.807, 2.05) is 0 Å². The minimum absolute atomic E-state index is 0.0131. The molecule has 0 rings (SSSR count). The summed E-state index contributed by atoms with van der Waals surface area (Å²) < 4.78 is 5.50. The molecule has 434 valence electrons. The van der Waals surface area contributed by atoms with E-state index >= 15 is 0 Å². The molecule has 0 bridgehead atoms. The Hall–Kier alpha value is -1.40. The van der Waals surface area contributed by atoms with Gasteiger partial charge in [-0.15, -0.1) is 0 Å². The van der Waals surface area contributed by atoms with E-state index in [9.17, 15) is 19.8 Å². The number of hydrogen-bond donors (Lipinski definition) is 3. The molecule has 73 heavy (non-hydrogen) atoms. The Balaban J connectivity index is 3.34. The van der Waals surface area contributed by atoms with E-state index in [1.54, 1.807) is 0 Å². The Bertz CT molecular complexity index is 1100. The Morgan fingerprint density at radius 2 is 0.644 bits per heavy atom. The van der Waals surface area contributed by atoms with Gasteiger partial charge in [0, 0.05) is 12.8 Å². The first kappa shape index (κ1) is 71.6. The van der Waals surface area contributed by atoms with Crippen LogP contribution in [0.5, 0.6) is 0 Å². The molecule has 6 heteroatoms. The summed E-state index contributed by atoms with van der Waals surface area (Å²) in [6, 6.07) is -0.540. The van der Waals surface area contributed by atoms with Crippen LogP contribution < -0.4 is 5.32 Å². The quantitative estimate of drug-likeness (QED) is 0.0320. The molecule has 0 radical (unpaired) electrons. The SMILES string of the molecule is CCCCCCCC/C=C\CCCCCCCCCC(=O)OCCCCCCCCCCCCCCCCCCCCCCCCCCC(=O)NC(CO)C(O)CCCCCCCCCCCCCCCCC. The van der Waals surface area contributed by atoms with E-state index in [0.717, 1.165) is 44.9 Å². The Morgan fingerprint density at radius 1 is 0.370 bits per heavy atom. The third-order valence-corrected chi connectivity index (χ3v) is 15.8. The number of carbonyl (C=O) groups is 2. The zero-order valence-electron chi connectivity index (χ0n) is 49.6. The van der Waals surface area contributed by atoms with Gasteiger partial charge in [0.25, 0.3) is 0 Å². The summed E-state index contributed by atoms with van der Waals surface area (Å²) in [4.78, 5) is 24.6. The van der Waals surface area contributed by atoms with Crippen LogP contribution in [-0.2, 0) is 14.3 Å². The maximum Gasteiger partial charge on any atom is 0.305 e. The predicted octanol–water partition coefficient (Wildman–Crippen LogP) is 21.2. The molecule has 0 aliphatic rings. The molecule has 2 atom stereocenters. The second-order valence-corrected chi connectivity index (χ2v) is 23.2. The van der Waals surface area contributed by atoms with E-state index < -0.39 is 12.1 Å². The van der Waals surface area contributed by atoms with Crippen molar-refractivity contribution >= 4 is 11.9 Å². The fourth-order valence-electron chi connectivity index (χ4n) is 10.7. The number of aliphatic hydroxyl groups is 2. The van der Waals surface area contributed by atoms with Crippen molar-refractivity contribution in [2.24, 2.45) is 0 Å². The monoisotopic (exact) mass is 1030 g/mol. The van der Waals surface area contributed by atoms with Crippen LogP contribution in [-0.4, -0.2) is 47.4 Å². The molecule has 0 aliphatic carbocycles. The average Bonchev–Trinajstić information content (AvgIpc) is 3.39. The van der Waals surface area contributed by atoms with E-state index in [4.69, 9.17) is 4.74 Å². The molecule has 0 saturated carbocycles. The van der Waals surface area contributed by atoms with Crippen LogP contribution in [0.1, 0.15) is 380 Å². The summed E-state index contributed by atoms with van der Waals surface area (Å²) in [5.74, 6) is -0.0178. The second kappa shape index (κ2) is 63.1. The highest BCUT2D eigenvalue weighted by Crippen LogP contribution is 2.19. The second-order valence-electron chi connectivity index (χ2n) is 23.2. The van der Waals surface area contributed by atoms with Gasteiger partial charge in [-0.05, 0) is 51.4 Å². The van der Waals surface area contributed by atoms with Crippen molar-refractivity contribution in [2.75, 3.05) is 13.2 Å². The van der Waals surface area contributed by atoms with Gasteiger partial charge in [-0.2, -0.15) is 0 Å². The molecule has 0 heterocycles. The van der Waals surface area contributed by atoms with Gasteiger partial charge in [-0.3, -0.25) is 9.59 Å². The Morgan fingerprint density at radius 3 is 0.973 bits per heavy atom. The van der Waals surface area contributed by atoms with Crippen LogP contribution in [0, 0.1) is 0 Å². The van der Waals surface area contributed by atoms with Crippen LogP contribution in [0.25, 0.3) is 0 Å². The van der Waals surface area contributed by atoms with Crippen LogP contribution >= 0.6 is 0 Å². The van der Waals surface area contributed by atoms with Gasteiger partial charge in [-0.1, -0.05) is 328 Å². The minimum atomic E-state index is -0.663. The lowest BCUT2D eigenvalue weighted by Crippen LogP contribution is -2.45. The highest BCUT2D eigenvalue weighted by molar-refractivity contribution is 5.76. The summed E-state index contributed by atoms with van der Waals surface area (Å²) in [5.41, 5.74) is 0. The van der Waals surface area contributed by atoms with Gasteiger partial charge < -0.3 is 20.3 Å². The van der Waals surface area contributed by atoms with Gasteiger partial charge >= 0.3 is 5.97 Å². The van der Waals surface area contributed by atoms with E-state index in [0.29, 0.717) is 25.9 Å². The molecule has 0 spiro atoms. The van der Waals surface area contributed by atoms with Crippen LogP contribution in [0.4, 0.5) is 0 Å². The highest BCUT2D eigenvalue weighted by atomic mass is 16.5. The average molecular weight is 1030 g/mol. The maximum atomic E-state index is 12.5. The number of carbonyl (C=O) groups excluding carboxylic acids is 2. The molecule has 6 nitrogen and oxygen atoms in total. The molecule has 3 N–H and O–H groups in total. The van der Waals surface area contributed by atoms with Crippen molar-refractivity contribution in [1.82, 2.24) is 5.32 Å². The lowest BCUT2D eigenvalue weighted by molar-refractivity contribution is -0.143. The molecule has 0 aromatic carbocycles. The summed E-state index contributed by atoms with van der Waals surface area (Å²) in [6.07, 6.45) is 76.7. The fourth-order valence-corrected chi connectivity index (χ4v) is 10.7. The topological polar surface area (TPSA) is 95.9 Å². The summed E-state index contributed by atoms with van der Waals surface area (Å²) in [6.45, 7) is 4.98. The van der Waals surface area contributed by atoms with E-state index in [2.05, 4.69) is 31.3 Å². The maximum absolute atomic E-state index is 12.5. The molecule has 0 aromatic rings. The van der Waals surface area contributed by atoms with Crippen molar-refractivity contribution in [3.05, 3.63) is 12.2 Å². The van der Waals surface area contributed by atoms with Crippen molar-refractivity contribution in [2.45, 2.75) is 392 Å². The van der Waals surface area contributed by atoms with Crippen molar-refractivity contribution in [3.63, 3.8) is 0 Å². The minimum Gasteiger partial charge on any atom is -0.466 e. The number of hydrogen-bond acceptors (Lipinski definition) is 5. The van der Waals surface area contributed by atoms with Crippen molar-refractivity contribution < 1.29 is 24.5 Å². The number of nitrogens with one attached hydrogen (secondary N) is 1. The lowest BCUT2D eigenvalue weighted by atomic mass is 10.0. The number of rotatable bonds is 63. The summed E-state index contributed by atoms with van der Waals surface area (Å²) in [5, 5.41) is 23.3. The molecular formula is C67H131NO5. The van der Waals surface area contributed by atoms with E-state index in [-0.39, 0.29) is 18.5 Å². The number of unbranched alkanes of at least 4 members (excludes halogenated alkanes) is 50. The lowest BCUT2D eigenvalue weighted by Gasteiger charge is -2.22. The summed E-state index contributed by atoms with van der Waals surface area (Å²) >= 11 is 0. The smallest absolute Gasteiger partial charge is 0.305 e. The zero-order chi connectivity index (χ0) is 52.9. The predicted molar refractivity (Wildman–Crippen MR) is 320 cm³/mol. The molecule has 0 aromatic heterocycles. The normalized spacial score (nSPS) is 12.5. The molecule has 0 saturated heterocycles. The van der Waals surface area contributed by atoms with Crippen LogP contribution in [0.15, 0.2) is 12.2 Å². The number of ether oxygens (including phenoxy) is 1. The van der Waals surface area contributed by atoms with Gasteiger partial charge in [-0.25, -0.2) is 0 Å². The van der Waals surface area contributed by atoms with Crippen LogP contribution in [0.2, 0.25) is 0 Å². The first-order valence-corrected chi connectivity index (χ1v) is 33.4. The standard InChI is InChI=1S/C67H131NO5/c1-3-5-7-9-11-13-15-17-19-28-33-37-41-45-49-53-57-61-67(72)73-62-58-54-50-46-42-38-34-30-27-25-23-21-20-22-24-26-29-32-36-40-44-48-52-56-60-66(71)68-64(63-69)65(70)59-55-51-47-43-39-35-31-18-16-14-12-10-8-6-4-2/h17,19,64-65,69-70H,3-16,18,20-63H2,1-2H3,(H,68,71)/b19-17-. The molecule has 2 unspecified atom stereocenters. The third kappa shape index (κ3) is 59.7. The first-order valence-electron chi connectivity index (χ1n) is 33.4. The number of esters is 1. The molecule has 0 aliphatic heterocycles. The van der Waals surface area contributed by atoms with Crippen molar-refractivity contribution in [3.8, 4) is 0 Å². The summed E-state index contributed by atoms with van der Waals surface area (Å²) in [7, 11) is 0. The molecule has 1 amide bonds. The molecule has 0 fully saturated rings. The highest BCUT2D eigenvalue weighted by Gasteiger charge is 2.20. The zero-order valence-corrected chi connectivity index (χ0v) is 49.6. The third-order valence-electron chi connectivity index (χ3n) is 15.8. The molecular weight excluding hydrogens is 899 g/mol. The Labute approximate surface area is 457 Å². The number of aliphatic hydroxyl groups excluding tert-OH is 2. The van der Waals surface area contributed by atoms with Gasteiger partial charge in [0.05, 0.1) is 25.4 Å². The first-order chi connectivity index (χ1) is 36.0. The van der Waals surface area contributed by atoms with Gasteiger partial charge in [0.2, 0.25) is 5.91 Å². The largest absolute Gasteiger partial charge is 0.466 e. The van der Waals surface area contributed by atoms with Crippen LogP contribution in [0.3, 0.4) is 0 Å². The fraction of sp³-hybridized carbons (Fsp3) is 0.940. The number of allylic oxidation sites excluding steroid dienone is 2. The number of amides is 1. The van der Waals surface area contributed by atoms with E-state index in [1.165, 1.54) is 302 Å².